The van der Waals surface area contributed by atoms with Gasteiger partial charge in [-0.3, -0.25) is 0 Å². The first-order valence-electron chi connectivity index (χ1n) is 7.50. The molecule has 0 fully saturated rings. The third kappa shape index (κ3) is 4.23. The molecule has 0 spiro atoms. The van der Waals surface area contributed by atoms with Gasteiger partial charge in [0.25, 0.3) is 0 Å². The maximum Gasteiger partial charge on any atom is 0.410 e. The Balaban J connectivity index is 2.23. The molecule has 0 bridgehead atoms. The molecule has 0 aliphatic carbocycles. The minimum Gasteiger partial charge on any atom is -0.444 e. The van der Waals surface area contributed by atoms with Crippen LogP contribution in [0.15, 0.2) is 12.1 Å². The molecule has 1 aliphatic rings. The van der Waals surface area contributed by atoms with E-state index in [-0.39, 0.29) is 6.09 Å². The van der Waals surface area contributed by atoms with E-state index in [1.54, 1.807) is 12.0 Å². The second-order valence-electron chi connectivity index (χ2n) is 6.61. The lowest BCUT2D eigenvalue weighted by Crippen LogP contribution is -2.40. The van der Waals surface area contributed by atoms with Crippen LogP contribution >= 0.6 is 15.9 Å². The number of benzene rings is 1. The molecule has 0 aromatic heterocycles. The first-order valence-corrected chi connectivity index (χ1v) is 8.62. The van der Waals surface area contributed by atoms with Gasteiger partial charge in [0.2, 0.25) is 0 Å². The van der Waals surface area contributed by atoms with Gasteiger partial charge in [-0.1, -0.05) is 28.1 Å². The Morgan fingerprint density at radius 2 is 2.09 bits per heavy atom. The molecule has 1 heterocycles. The Kier molecular flexibility index (Phi) is 5.50. The lowest BCUT2D eigenvalue weighted by Gasteiger charge is -2.32. The van der Waals surface area contributed by atoms with Crippen LogP contribution < -0.4 is 0 Å². The van der Waals surface area contributed by atoms with Gasteiger partial charge >= 0.3 is 6.09 Å². The fourth-order valence-electron chi connectivity index (χ4n) is 2.66. The number of methoxy groups -OCH3 is 1. The number of fused-ring (bicyclic) bond motifs is 1. The lowest BCUT2D eigenvalue weighted by atomic mass is 9.93. The SMILES string of the molecule is COCc1cc(CBr)cc2c1CN(C(=O)OC(C)(C)C)CC2. The van der Waals surface area contributed by atoms with Gasteiger partial charge in [0.05, 0.1) is 6.61 Å². The quantitative estimate of drug-likeness (QED) is 0.755. The number of nitrogens with zero attached hydrogens (tertiary/aromatic N) is 1. The average Bonchev–Trinajstić information content (AvgIpc) is 2.45. The van der Waals surface area contributed by atoms with E-state index in [1.165, 1.54) is 16.7 Å². The largest absolute Gasteiger partial charge is 0.444 e. The van der Waals surface area contributed by atoms with Crippen molar-refractivity contribution < 1.29 is 14.3 Å². The molecule has 122 valence electrons. The van der Waals surface area contributed by atoms with Crippen LogP contribution in [0.2, 0.25) is 0 Å². The molecule has 0 atom stereocenters. The number of carbonyl (C=O) groups excluding carboxylic acids is 1. The number of carbonyl (C=O) groups is 1. The molecule has 0 radical (unpaired) electrons. The molecule has 1 aliphatic heterocycles. The highest BCUT2D eigenvalue weighted by molar-refractivity contribution is 9.08. The third-order valence-corrected chi connectivity index (χ3v) is 4.25. The zero-order valence-electron chi connectivity index (χ0n) is 13.7. The first kappa shape index (κ1) is 17.3. The van der Waals surface area contributed by atoms with Crippen LogP contribution in [0.1, 0.15) is 43.0 Å². The Morgan fingerprint density at radius 3 is 2.68 bits per heavy atom. The van der Waals surface area contributed by atoms with Crippen molar-refractivity contribution in [2.45, 2.75) is 51.3 Å². The van der Waals surface area contributed by atoms with E-state index in [0.717, 1.165) is 17.3 Å². The number of ether oxygens (including phenoxy) is 2. The zero-order chi connectivity index (χ0) is 16.3. The van der Waals surface area contributed by atoms with Crippen LogP contribution in [0.25, 0.3) is 0 Å². The van der Waals surface area contributed by atoms with Gasteiger partial charge in [-0.15, -0.1) is 0 Å². The minimum absolute atomic E-state index is 0.244. The summed E-state index contributed by atoms with van der Waals surface area (Å²) in [6.45, 7) is 7.52. The van der Waals surface area contributed by atoms with Gasteiger partial charge in [0.1, 0.15) is 5.60 Å². The smallest absolute Gasteiger partial charge is 0.410 e. The highest BCUT2D eigenvalue weighted by Gasteiger charge is 2.27. The van der Waals surface area contributed by atoms with Gasteiger partial charge in [-0.05, 0) is 49.4 Å². The number of rotatable bonds is 3. The topological polar surface area (TPSA) is 38.8 Å². The normalized spacial score (nSPS) is 14.7. The molecule has 0 unspecified atom stereocenters. The van der Waals surface area contributed by atoms with Crippen molar-refractivity contribution >= 4 is 22.0 Å². The van der Waals surface area contributed by atoms with Gasteiger partial charge in [0, 0.05) is 25.5 Å². The van der Waals surface area contributed by atoms with Crippen molar-refractivity contribution in [3.8, 4) is 0 Å². The fraction of sp³-hybridized carbons (Fsp3) is 0.588. The Hall–Kier alpha value is -1.07. The van der Waals surface area contributed by atoms with E-state index >= 15 is 0 Å². The molecule has 1 amide bonds. The molecule has 22 heavy (non-hydrogen) atoms. The fourth-order valence-corrected chi connectivity index (χ4v) is 2.99. The molecular weight excluding hydrogens is 346 g/mol. The summed E-state index contributed by atoms with van der Waals surface area (Å²) in [5.74, 6) is 0. The second-order valence-corrected chi connectivity index (χ2v) is 7.17. The number of hydrogen-bond donors (Lipinski definition) is 0. The Labute approximate surface area is 140 Å². The van der Waals surface area contributed by atoms with E-state index in [1.807, 2.05) is 20.8 Å². The third-order valence-electron chi connectivity index (χ3n) is 3.60. The maximum absolute atomic E-state index is 12.3. The monoisotopic (exact) mass is 369 g/mol. The molecule has 1 aromatic rings. The van der Waals surface area contributed by atoms with Crippen molar-refractivity contribution in [1.82, 2.24) is 4.90 Å². The average molecular weight is 370 g/mol. The summed E-state index contributed by atoms with van der Waals surface area (Å²) in [6, 6.07) is 4.37. The molecular formula is C17H24BrNO3. The lowest BCUT2D eigenvalue weighted by molar-refractivity contribution is 0.0222. The molecule has 2 rings (SSSR count). The van der Waals surface area contributed by atoms with Gasteiger partial charge in [-0.2, -0.15) is 0 Å². The summed E-state index contributed by atoms with van der Waals surface area (Å²) in [4.78, 5) is 14.1. The minimum atomic E-state index is -0.466. The summed E-state index contributed by atoms with van der Waals surface area (Å²) in [5.41, 5.74) is 4.44. The van der Waals surface area contributed by atoms with Crippen molar-refractivity contribution in [2.24, 2.45) is 0 Å². The molecule has 0 saturated heterocycles. The number of alkyl halides is 1. The van der Waals surface area contributed by atoms with Crippen LogP contribution in [0.4, 0.5) is 4.79 Å². The molecule has 1 aromatic carbocycles. The van der Waals surface area contributed by atoms with E-state index in [4.69, 9.17) is 9.47 Å². The number of amides is 1. The van der Waals surface area contributed by atoms with Crippen molar-refractivity contribution in [3.05, 3.63) is 34.4 Å². The predicted octanol–water partition coefficient (Wildman–Crippen LogP) is 4.02. The Morgan fingerprint density at radius 1 is 1.36 bits per heavy atom. The summed E-state index contributed by atoms with van der Waals surface area (Å²) in [5, 5.41) is 0.826. The van der Waals surface area contributed by atoms with Crippen molar-refractivity contribution in [1.29, 1.82) is 0 Å². The highest BCUT2D eigenvalue weighted by atomic mass is 79.9. The molecule has 0 saturated carbocycles. The predicted molar refractivity (Wildman–Crippen MR) is 90.1 cm³/mol. The van der Waals surface area contributed by atoms with E-state index in [0.29, 0.717) is 19.7 Å². The summed E-state index contributed by atoms with van der Waals surface area (Å²) in [6.07, 6.45) is 0.609. The van der Waals surface area contributed by atoms with Crippen LogP contribution in [-0.2, 0) is 34.4 Å². The van der Waals surface area contributed by atoms with Gasteiger partial charge in [-0.25, -0.2) is 4.79 Å². The zero-order valence-corrected chi connectivity index (χ0v) is 15.3. The van der Waals surface area contributed by atoms with Gasteiger partial charge in [0.15, 0.2) is 0 Å². The summed E-state index contributed by atoms with van der Waals surface area (Å²) < 4.78 is 10.8. The molecule has 4 nitrogen and oxygen atoms in total. The molecule has 5 heteroatoms. The molecule has 0 N–H and O–H groups in total. The highest BCUT2D eigenvalue weighted by Crippen LogP contribution is 2.27. The number of halogens is 1. The van der Waals surface area contributed by atoms with Crippen molar-refractivity contribution in [2.75, 3.05) is 13.7 Å². The second kappa shape index (κ2) is 7.01. The van der Waals surface area contributed by atoms with E-state index < -0.39 is 5.60 Å². The van der Waals surface area contributed by atoms with Gasteiger partial charge < -0.3 is 14.4 Å². The van der Waals surface area contributed by atoms with Crippen LogP contribution in [0.3, 0.4) is 0 Å². The Bertz CT molecular complexity index is 552. The maximum atomic E-state index is 12.3. The van der Waals surface area contributed by atoms with Crippen LogP contribution in [0, 0.1) is 0 Å². The summed E-state index contributed by atoms with van der Waals surface area (Å²) in [7, 11) is 1.70. The van der Waals surface area contributed by atoms with Crippen LogP contribution in [0.5, 0.6) is 0 Å². The van der Waals surface area contributed by atoms with Crippen LogP contribution in [-0.4, -0.2) is 30.2 Å². The summed E-state index contributed by atoms with van der Waals surface area (Å²) >= 11 is 3.51. The van der Waals surface area contributed by atoms with E-state index in [2.05, 4.69) is 28.1 Å². The first-order chi connectivity index (χ1) is 10.3. The standard InChI is InChI=1S/C17H24BrNO3/c1-17(2,3)22-16(20)19-6-5-13-7-12(9-18)8-14(11-21-4)15(13)10-19/h7-8H,5-6,9-11H2,1-4H3. The van der Waals surface area contributed by atoms with Crippen molar-refractivity contribution in [3.63, 3.8) is 0 Å². The van der Waals surface area contributed by atoms with E-state index in [9.17, 15) is 4.79 Å². The number of hydrogen-bond acceptors (Lipinski definition) is 3.